The van der Waals surface area contributed by atoms with Gasteiger partial charge in [-0.2, -0.15) is 0 Å². The van der Waals surface area contributed by atoms with Crippen LogP contribution in [0.15, 0.2) is 29.2 Å². The third-order valence-electron chi connectivity index (χ3n) is 1.46. The van der Waals surface area contributed by atoms with Crippen molar-refractivity contribution in [3.63, 3.8) is 0 Å². The molecule has 0 atom stereocenters. The maximum absolute atomic E-state index is 11.1. The Morgan fingerprint density at radius 2 is 1.67 bits per heavy atom. The molecule has 1 rings (SSSR count). The zero-order valence-corrected chi connectivity index (χ0v) is 9.61. The molecular formula is C9H13NO4S. The van der Waals surface area contributed by atoms with E-state index >= 15 is 0 Å². The molecule has 0 amide bonds. The summed E-state index contributed by atoms with van der Waals surface area (Å²) < 4.78 is 22.1. The first-order valence-electron chi connectivity index (χ1n) is 4.36. The molecular weight excluding hydrogens is 218 g/mol. The van der Waals surface area contributed by atoms with Gasteiger partial charge in [-0.25, -0.2) is 8.42 Å². The van der Waals surface area contributed by atoms with E-state index in [-0.39, 0.29) is 10.6 Å². The van der Waals surface area contributed by atoms with E-state index in [0.29, 0.717) is 0 Å². The molecule has 0 aliphatic carbocycles. The number of nitro groups is 1. The smallest absolute Gasteiger partial charge is 0.258 e. The lowest BCUT2D eigenvalue weighted by Crippen LogP contribution is -2.01. The molecule has 0 unspecified atom stereocenters. The molecule has 1 aromatic carbocycles. The average Bonchev–Trinajstić information content (AvgIpc) is 2.19. The predicted octanol–water partition coefficient (Wildman–Crippen LogP) is 2.02. The highest BCUT2D eigenvalue weighted by atomic mass is 32.2. The first-order chi connectivity index (χ1) is 6.93. The lowest BCUT2D eigenvalue weighted by Gasteiger charge is -1.98. The van der Waals surface area contributed by atoms with Crippen LogP contribution in [0.4, 0.5) is 5.69 Å². The van der Waals surface area contributed by atoms with Crippen molar-refractivity contribution in [1.82, 2.24) is 0 Å². The number of sulfone groups is 1. The molecule has 0 aliphatic rings. The monoisotopic (exact) mass is 231 g/mol. The summed E-state index contributed by atoms with van der Waals surface area (Å²) in [5.41, 5.74) is -0.384. The van der Waals surface area contributed by atoms with Gasteiger partial charge < -0.3 is 0 Å². The van der Waals surface area contributed by atoms with E-state index in [0.717, 1.165) is 12.3 Å². The molecule has 0 aromatic heterocycles. The fourth-order valence-electron chi connectivity index (χ4n) is 0.922. The summed E-state index contributed by atoms with van der Waals surface area (Å²) in [6, 6.07) is 5.25. The van der Waals surface area contributed by atoms with Crippen LogP contribution in [0, 0.1) is 10.1 Å². The summed E-state index contributed by atoms with van der Waals surface area (Å²) in [4.78, 5) is 9.45. The fourth-order valence-corrected chi connectivity index (χ4v) is 1.77. The number of hydrogen-bond acceptors (Lipinski definition) is 4. The molecule has 0 fully saturated rings. The van der Waals surface area contributed by atoms with Crippen LogP contribution in [-0.4, -0.2) is 19.6 Å². The summed E-state index contributed by atoms with van der Waals surface area (Å²) in [5, 5.41) is 10.4. The van der Waals surface area contributed by atoms with Crippen LogP contribution in [-0.2, 0) is 9.84 Å². The third-order valence-corrected chi connectivity index (χ3v) is 2.61. The minimum atomic E-state index is -3.52. The summed E-state index contributed by atoms with van der Waals surface area (Å²) in [6.07, 6.45) is 0.940. The molecule has 0 spiro atoms. The number of para-hydroxylation sites is 1. The number of hydrogen-bond donors (Lipinski definition) is 0. The quantitative estimate of drug-likeness (QED) is 0.576. The first-order valence-corrected chi connectivity index (χ1v) is 6.25. The van der Waals surface area contributed by atoms with Crippen LogP contribution in [0.5, 0.6) is 0 Å². The SMILES string of the molecule is CC.CS(=O)(=O)c1ccccc1[N+](=O)[O-]. The van der Waals surface area contributed by atoms with Gasteiger partial charge in [0.2, 0.25) is 0 Å². The zero-order chi connectivity index (χ0) is 12.1. The van der Waals surface area contributed by atoms with E-state index in [2.05, 4.69) is 0 Å². The van der Waals surface area contributed by atoms with Crippen LogP contribution in [0.1, 0.15) is 13.8 Å². The second-order valence-electron chi connectivity index (χ2n) is 2.50. The van der Waals surface area contributed by atoms with Gasteiger partial charge in [0.15, 0.2) is 9.84 Å². The van der Waals surface area contributed by atoms with Gasteiger partial charge in [-0.05, 0) is 6.07 Å². The van der Waals surface area contributed by atoms with Crippen LogP contribution < -0.4 is 0 Å². The number of benzene rings is 1. The maximum atomic E-state index is 11.1. The van der Waals surface area contributed by atoms with Crippen molar-refractivity contribution in [3.05, 3.63) is 34.4 Å². The average molecular weight is 231 g/mol. The molecule has 15 heavy (non-hydrogen) atoms. The van der Waals surface area contributed by atoms with Crippen molar-refractivity contribution < 1.29 is 13.3 Å². The summed E-state index contributed by atoms with van der Waals surface area (Å²) in [5.74, 6) is 0. The number of rotatable bonds is 2. The third kappa shape index (κ3) is 3.67. The first kappa shape index (κ1) is 13.6. The van der Waals surface area contributed by atoms with E-state index < -0.39 is 14.8 Å². The molecule has 84 valence electrons. The molecule has 0 saturated carbocycles. The minimum Gasteiger partial charge on any atom is -0.258 e. The van der Waals surface area contributed by atoms with Gasteiger partial charge in [0.25, 0.3) is 5.69 Å². The predicted molar refractivity (Wildman–Crippen MR) is 57.6 cm³/mol. The zero-order valence-electron chi connectivity index (χ0n) is 8.80. The van der Waals surface area contributed by atoms with E-state index in [1.54, 1.807) is 0 Å². The van der Waals surface area contributed by atoms with Gasteiger partial charge in [-0.3, -0.25) is 10.1 Å². The van der Waals surface area contributed by atoms with E-state index in [1.165, 1.54) is 18.2 Å². The van der Waals surface area contributed by atoms with Crippen molar-refractivity contribution >= 4 is 15.5 Å². The molecule has 0 saturated heterocycles. The molecule has 0 radical (unpaired) electrons. The van der Waals surface area contributed by atoms with E-state index in [9.17, 15) is 18.5 Å². The molecule has 5 nitrogen and oxygen atoms in total. The molecule has 0 aliphatic heterocycles. The minimum absolute atomic E-state index is 0.250. The van der Waals surface area contributed by atoms with Gasteiger partial charge in [-0.1, -0.05) is 26.0 Å². The highest BCUT2D eigenvalue weighted by Crippen LogP contribution is 2.22. The van der Waals surface area contributed by atoms with Crippen LogP contribution >= 0.6 is 0 Å². The topological polar surface area (TPSA) is 77.3 Å². The highest BCUT2D eigenvalue weighted by molar-refractivity contribution is 7.90. The summed E-state index contributed by atoms with van der Waals surface area (Å²) in [6.45, 7) is 4.00. The van der Waals surface area contributed by atoms with Gasteiger partial charge >= 0.3 is 0 Å². The second kappa shape index (κ2) is 5.45. The van der Waals surface area contributed by atoms with Crippen LogP contribution in [0.25, 0.3) is 0 Å². The molecule has 0 heterocycles. The fraction of sp³-hybridized carbons (Fsp3) is 0.333. The van der Waals surface area contributed by atoms with Gasteiger partial charge in [-0.15, -0.1) is 0 Å². The van der Waals surface area contributed by atoms with Gasteiger partial charge in [0, 0.05) is 12.3 Å². The van der Waals surface area contributed by atoms with Crippen molar-refractivity contribution in [2.45, 2.75) is 18.7 Å². The standard InChI is InChI=1S/C7H7NO4S.C2H6/c1-13(11,12)7-5-3-2-4-6(7)8(9)10;1-2/h2-5H,1H3;1-2H3. The molecule has 0 bridgehead atoms. The Morgan fingerprint density at radius 1 is 1.20 bits per heavy atom. The normalized spacial score (nSPS) is 10.1. The Balaban J connectivity index is 0.000000921. The van der Waals surface area contributed by atoms with Crippen molar-refractivity contribution in [3.8, 4) is 0 Å². The summed E-state index contributed by atoms with van der Waals surface area (Å²) >= 11 is 0. The second-order valence-corrected chi connectivity index (χ2v) is 4.48. The van der Waals surface area contributed by atoms with Crippen LogP contribution in [0.2, 0.25) is 0 Å². The Labute approximate surface area is 88.8 Å². The number of nitrogens with zero attached hydrogens (tertiary/aromatic N) is 1. The molecule has 6 heteroatoms. The largest absolute Gasteiger partial charge is 0.287 e. The summed E-state index contributed by atoms with van der Waals surface area (Å²) in [7, 11) is -3.52. The van der Waals surface area contributed by atoms with Crippen molar-refractivity contribution in [1.29, 1.82) is 0 Å². The van der Waals surface area contributed by atoms with Crippen molar-refractivity contribution in [2.24, 2.45) is 0 Å². The van der Waals surface area contributed by atoms with Gasteiger partial charge in [0.1, 0.15) is 4.90 Å². The Hall–Kier alpha value is -1.43. The van der Waals surface area contributed by atoms with Crippen LogP contribution in [0.3, 0.4) is 0 Å². The Morgan fingerprint density at radius 3 is 2.00 bits per heavy atom. The lowest BCUT2D eigenvalue weighted by molar-refractivity contribution is -0.387. The Bertz CT molecular complexity index is 439. The Kier molecular flexibility index (Phi) is 4.93. The van der Waals surface area contributed by atoms with Crippen molar-refractivity contribution in [2.75, 3.05) is 6.26 Å². The van der Waals surface area contributed by atoms with E-state index in [1.807, 2.05) is 13.8 Å². The van der Waals surface area contributed by atoms with E-state index in [4.69, 9.17) is 0 Å². The lowest BCUT2D eigenvalue weighted by atomic mass is 10.3. The number of nitro benzene ring substituents is 1. The van der Waals surface area contributed by atoms with Gasteiger partial charge in [0.05, 0.1) is 4.92 Å². The highest BCUT2D eigenvalue weighted by Gasteiger charge is 2.20. The maximum Gasteiger partial charge on any atom is 0.287 e. The molecule has 0 N–H and O–H groups in total. The molecule has 1 aromatic rings.